The predicted molar refractivity (Wildman–Crippen MR) is 115 cm³/mol. The number of aryl methyl sites for hydroxylation is 1. The van der Waals surface area contributed by atoms with Gasteiger partial charge in [-0.2, -0.15) is 0 Å². The van der Waals surface area contributed by atoms with E-state index in [2.05, 4.69) is 36.2 Å². The largest absolute Gasteiger partial charge is 0.454 e. The molecular weight excluding hydrogens is 364 g/mol. The number of nitrogens with one attached hydrogen (secondary N) is 1. The Balaban J connectivity index is 1.67. The van der Waals surface area contributed by atoms with E-state index in [1.54, 1.807) is 6.07 Å². The highest BCUT2D eigenvalue weighted by Gasteiger charge is 2.28. The van der Waals surface area contributed by atoms with Crippen molar-refractivity contribution in [2.75, 3.05) is 23.6 Å². The summed E-state index contributed by atoms with van der Waals surface area (Å²) in [6, 6.07) is 23.0. The number of nitrogens with zero attached hydrogens (tertiary/aromatic N) is 1. The topological polar surface area (TPSA) is 50.8 Å². The fourth-order valence-electron chi connectivity index (χ4n) is 3.61. The Kier molecular flexibility index (Phi) is 5.38. The van der Waals surface area contributed by atoms with E-state index in [0.717, 1.165) is 16.8 Å². The van der Waals surface area contributed by atoms with Gasteiger partial charge in [0.1, 0.15) is 6.04 Å². The second kappa shape index (κ2) is 8.27. The minimum absolute atomic E-state index is 0.0987. The first kappa shape index (κ1) is 18.9. The van der Waals surface area contributed by atoms with Gasteiger partial charge in [0.15, 0.2) is 11.5 Å². The number of anilines is 2. The molecule has 3 aromatic rings. The van der Waals surface area contributed by atoms with Crippen molar-refractivity contribution in [3.63, 3.8) is 0 Å². The minimum Gasteiger partial charge on any atom is -0.454 e. The number of amides is 1. The summed E-state index contributed by atoms with van der Waals surface area (Å²) < 4.78 is 10.8. The van der Waals surface area contributed by atoms with E-state index in [4.69, 9.17) is 9.47 Å². The summed E-state index contributed by atoms with van der Waals surface area (Å²) in [5.41, 5.74) is 3.79. The number of fused-ring (bicyclic) bond motifs is 1. The fourth-order valence-corrected chi connectivity index (χ4v) is 3.61. The molecule has 5 nitrogen and oxygen atoms in total. The van der Waals surface area contributed by atoms with E-state index in [9.17, 15) is 4.79 Å². The van der Waals surface area contributed by atoms with E-state index >= 15 is 0 Å². The summed E-state index contributed by atoms with van der Waals surface area (Å²) in [5, 5.41) is 3.05. The summed E-state index contributed by atoms with van der Waals surface area (Å²) in [7, 11) is 0. The van der Waals surface area contributed by atoms with Crippen molar-refractivity contribution in [3.8, 4) is 11.5 Å². The van der Waals surface area contributed by atoms with Crippen molar-refractivity contribution in [2.24, 2.45) is 0 Å². The lowest BCUT2D eigenvalue weighted by Gasteiger charge is -2.32. The quantitative estimate of drug-likeness (QED) is 0.651. The van der Waals surface area contributed by atoms with Crippen molar-refractivity contribution in [3.05, 3.63) is 83.9 Å². The Morgan fingerprint density at radius 2 is 1.79 bits per heavy atom. The molecule has 4 rings (SSSR count). The Hall–Kier alpha value is -3.47. The number of hydrogen-bond donors (Lipinski definition) is 1. The first-order valence-electron chi connectivity index (χ1n) is 9.74. The van der Waals surface area contributed by atoms with Crippen molar-refractivity contribution in [2.45, 2.75) is 19.9 Å². The standard InChI is InChI=1S/C24H24N2O3/c1-3-26(20-11-7-8-17(2)14-20)23(18-9-5-4-6-10-18)24(27)25-19-12-13-21-22(15-19)29-16-28-21/h4-15,23H,3,16H2,1-2H3,(H,25,27)/t23-/m0/s1. The number of rotatable bonds is 6. The van der Waals surface area contributed by atoms with E-state index < -0.39 is 6.04 Å². The molecular formula is C24H24N2O3. The molecule has 3 aromatic carbocycles. The smallest absolute Gasteiger partial charge is 0.251 e. The molecule has 148 valence electrons. The molecule has 0 bridgehead atoms. The van der Waals surface area contributed by atoms with Crippen LogP contribution in [-0.4, -0.2) is 19.2 Å². The van der Waals surface area contributed by atoms with Crippen LogP contribution in [0, 0.1) is 6.92 Å². The summed E-state index contributed by atoms with van der Waals surface area (Å²) in [6.07, 6.45) is 0. The molecule has 1 heterocycles. The van der Waals surface area contributed by atoms with Crippen LogP contribution < -0.4 is 19.7 Å². The van der Waals surface area contributed by atoms with E-state index in [0.29, 0.717) is 23.7 Å². The lowest BCUT2D eigenvalue weighted by atomic mass is 10.0. The third-order valence-corrected chi connectivity index (χ3v) is 4.99. The van der Waals surface area contributed by atoms with Gasteiger partial charge in [-0.15, -0.1) is 0 Å². The zero-order chi connectivity index (χ0) is 20.2. The van der Waals surface area contributed by atoms with Crippen molar-refractivity contribution in [1.82, 2.24) is 0 Å². The van der Waals surface area contributed by atoms with Gasteiger partial charge in [-0.05, 0) is 49.2 Å². The molecule has 1 aliphatic heterocycles. The van der Waals surface area contributed by atoms with Gasteiger partial charge in [-0.1, -0.05) is 42.5 Å². The maximum Gasteiger partial charge on any atom is 0.251 e. The van der Waals surface area contributed by atoms with Gasteiger partial charge >= 0.3 is 0 Å². The highest BCUT2D eigenvalue weighted by molar-refractivity contribution is 5.98. The molecule has 0 spiro atoms. The summed E-state index contributed by atoms with van der Waals surface area (Å²) in [4.78, 5) is 15.6. The van der Waals surface area contributed by atoms with Gasteiger partial charge in [0.05, 0.1) is 0 Å². The van der Waals surface area contributed by atoms with Crippen LogP contribution in [0.15, 0.2) is 72.8 Å². The van der Waals surface area contributed by atoms with Gasteiger partial charge < -0.3 is 19.7 Å². The van der Waals surface area contributed by atoms with Gasteiger partial charge in [0, 0.05) is 24.0 Å². The molecule has 29 heavy (non-hydrogen) atoms. The van der Waals surface area contributed by atoms with Crippen LogP contribution in [0.2, 0.25) is 0 Å². The average Bonchev–Trinajstić information content (AvgIpc) is 3.20. The van der Waals surface area contributed by atoms with Gasteiger partial charge in [-0.3, -0.25) is 4.79 Å². The zero-order valence-electron chi connectivity index (χ0n) is 16.6. The van der Waals surface area contributed by atoms with Crippen LogP contribution in [0.3, 0.4) is 0 Å². The third-order valence-electron chi connectivity index (χ3n) is 4.99. The Morgan fingerprint density at radius 1 is 1.00 bits per heavy atom. The SMILES string of the molecule is CCN(c1cccc(C)c1)[C@H](C(=O)Nc1ccc2c(c1)OCO2)c1ccccc1. The lowest BCUT2D eigenvalue weighted by molar-refractivity contribution is -0.117. The first-order chi connectivity index (χ1) is 14.2. The van der Waals surface area contributed by atoms with Crippen molar-refractivity contribution >= 4 is 17.3 Å². The molecule has 5 heteroatoms. The molecule has 1 aliphatic rings. The Labute approximate surface area is 170 Å². The highest BCUT2D eigenvalue weighted by atomic mass is 16.7. The van der Waals surface area contributed by atoms with Crippen LogP contribution in [0.1, 0.15) is 24.1 Å². The Morgan fingerprint density at radius 3 is 2.55 bits per heavy atom. The fraction of sp³-hybridized carbons (Fsp3) is 0.208. The van der Waals surface area contributed by atoms with Crippen molar-refractivity contribution in [1.29, 1.82) is 0 Å². The van der Waals surface area contributed by atoms with Crippen LogP contribution in [0.4, 0.5) is 11.4 Å². The number of likely N-dealkylation sites (N-methyl/N-ethyl adjacent to an activating group) is 1. The average molecular weight is 388 g/mol. The van der Waals surface area contributed by atoms with Gasteiger partial charge in [-0.25, -0.2) is 0 Å². The number of hydrogen-bond acceptors (Lipinski definition) is 4. The maximum atomic E-state index is 13.4. The number of carbonyl (C=O) groups is 1. The second-order valence-corrected chi connectivity index (χ2v) is 7.00. The van der Waals surface area contributed by atoms with E-state index in [1.807, 2.05) is 54.6 Å². The van der Waals surface area contributed by atoms with Crippen LogP contribution in [-0.2, 0) is 4.79 Å². The molecule has 1 N–H and O–H groups in total. The number of carbonyl (C=O) groups excluding carboxylic acids is 1. The third kappa shape index (κ3) is 4.04. The van der Waals surface area contributed by atoms with Crippen molar-refractivity contribution < 1.29 is 14.3 Å². The molecule has 0 saturated heterocycles. The normalized spacial score (nSPS) is 13.0. The molecule has 1 atom stereocenters. The molecule has 0 saturated carbocycles. The summed E-state index contributed by atoms with van der Waals surface area (Å²) in [6.45, 7) is 5.02. The van der Waals surface area contributed by atoms with Crippen LogP contribution in [0.25, 0.3) is 0 Å². The Bertz CT molecular complexity index is 1000. The molecule has 0 aromatic heterocycles. The molecule has 0 radical (unpaired) electrons. The van der Waals surface area contributed by atoms with E-state index in [-0.39, 0.29) is 12.7 Å². The first-order valence-corrected chi connectivity index (χ1v) is 9.74. The molecule has 0 fully saturated rings. The van der Waals surface area contributed by atoms with Gasteiger partial charge in [0.25, 0.3) is 5.91 Å². The maximum absolute atomic E-state index is 13.4. The second-order valence-electron chi connectivity index (χ2n) is 7.00. The van der Waals surface area contributed by atoms with Crippen LogP contribution in [0.5, 0.6) is 11.5 Å². The zero-order valence-corrected chi connectivity index (χ0v) is 16.6. The van der Waals surface area contributed by atoms with Crippen LogP contribution >= 0.6 is 0 Å². The highest BCUT2D eigenvalue weighted by Crippen LogP contribution is 2.35. The monoisotopic (exact) mass is 388 g/mol. The molecule has 0 aliphatic carbocycles. The molecule has 0 unspecified atom stereocenters. The predicted octanol–water partition coefficient (Wildman–Crippen LogP) is 4.93. The van der Waals surface area contributed by atoms with E-state index in [1.165, 1.54) is 0 Å². The number of benzene rings is 3. The summed E-state index contributed by atoms with van der Waals surface area (Å²) >= 11 is 0. The number of ether oxygens (including phenoxy) is 2. The molecule has 1 amide bonds. The minimum atomic E-state index is -0.464. The summed E-state index contributed by atoms with van der Waals surface area (Å²) in [5.74, 6) is 1.24. The lowest BCUT2D eigenvalue weighted by Crippen LogP contribution is -2.37. The van der Waals surface area contributed by atoms with Gasteiger partial charge in [0.2, 0.25) is 6.79 Å².